The Bertz CT molecular complexity index is 198. The van der Waals surface area contributed by atoms with Crippen LogP contribution in [0.2, 0.25) is 0 Å². The van der Waals surface area contributed by atoms with Gasteiger partial charge in [-0.15, -0.1) is 0 Å². The quantitative estimate of drug-likeness (QED) is 0.538. The molecular weight excluding hydrogens is 208 g/mol. The van der Waals surface area contributed by atoms with Gasteiger partial charge in [-0.05, 0) is 12.3 Å². The molecule has 2 atom stereocenters. The van der Waals surface area contributed by atoms with E-state index >= 15 is 0 Å². The van der Waals surface area contributed by atoms with E-state index in [1.807, 2.05) is 0 Å². The molecule has 0 aromatic carbocycles. The second-order valence-corrected chi connectivity index (χ2v) is 4.41. The minimum absolute atomic E-state index is 0.104. The van der Waals surface area contributed by atoms with Gasteiger partial charge in [0.1, 0.15) is 0 Å². The summed E-state index contributed by atoms with van der Waals surface area (Å²) in [6.07, 6.45) is 0.757. The lowest BCUT2D eigenvalue weighted by molar-refractivity contribution is -0.126. The van der Waals surface area contributed by atoms with Crippen molar-refractivity contribution in [3.63, 3.8) is 0 Å². The Hall–Kier alpha value is -0.650. The van der Waals surface area contributed by atoms with E-state index in [2.05, 4.69) is 19.2 Å². The molecule has 4 N–H and O–H groups in total. The molecule has 0 aliphatic heterocycles. The van der Waals surface area contributed by atoms with Gasteiger partial charge < -0.3 is 20.9 Å². The second-order valence-electron chi connectivity index (χ2n) is 4.41. The average Bonchev–Trinajstić information content (AvgIpc) is 2.24. The maximum absolute atomic E-state index is 11.8. The lowest BCUT2D eigenvalue weighted by atomic mass is 9.96. The Labute approximate surface area is 97.3 Å². The summed E-state index contributed by atoms with van der Waals surface area (Å²) in [6, 6.07) is -0.348. The molecule has 0 aromatic rings. The van der Waals surface area contributed by atoms with Crippen molar-refractivity contribution in [2.24, 2.45) is 17.6 Å². The van der Waals surface area contributed by atoms with E-state index < -0.39 is 0 Å². The van der Waals surface area contributed by atoms with E-state index in [4.69, 9.17) is 15.6 Å². The highest BCUT2D eigenvalue weighted by molar-refractivity contribution is 5.79. The molecule has 0 aliphatic carbocycles. The number of nitrogens with two attached hydrogens (primary N) is 1. The molecule has 0 aliphatic rings. The molecule has 0 aromatic heterocycles. The molecule has 2 unspecified atom stereocenters. The third kappa shape index (κ3) is 6.05. The summed E-state index contributed by atoms with van der Waals surface area (Å²) in [5.41, 5.74) is 5.56. The Balaban J connectivity index is 4.17. The molecule has 96 valence electrons. The van der Waals surface area contributed by atoms with Gasteiger partial charge in [0.05, 0.1) is 25.2 Å². The van der Waals surface area contributed by atoms with Crippen molar-refractivity contribution in [1.82, 2.24) is 5.32 Å². The molecule has 16 heavy (non-hydrogen) atoms. The first-order valence-electron chi connectivity index (χ1n) is 5.65. The van der Waals surface area contributed by atoms with Gasteiger partial charge in [-0.25, -0.2) is 0 Å². The predicted molar refractivity (Wildman–Crippen MR) is 62.9 cm³/mol. The summed E-state index contributed by atoms with van der Waals surface area (Å²) in [5.74, 6) is 0.132. The number of hydrogen-bond donors (Lipinski definition) is 3. The van der Waals surface area contributed by atoms with Crippen molar-refractivity contribution in [3.8, 4) is 0 Å². The Morgan fingerprint density at radius 3 is 2.50 bits per heavy atom. The predicted octanol–water partition coefficient (Wildman–Crippen LogP) is -0.269. The summed E-state index contributed by atoms with van der Waals surface area (Å²) in [4.78, 5) is 11.8. The Morgan fingerprint density at radius 1 is 1.50 bits per heavy atom. The average molecular weight is 232 g/mol. The number of aliphatic hydroxyl groups excluding tert-OH is 1. The highest BCUT2D eigenvalue weighted by atomic mass is 16.5. The van der Waals surface area contributed by atoms with Gasteiger partial charge in [-0.1, -0.05) is 13.8 Å². The Kier molecular flexibility index (Phi) is 8.15. The lowest BCUT2D eigenvalue weighted by Crippen LogP contribution is -2.45. The summed E-state index contributed by atoms with van der Waals surface area (Å²) >= 11 is 0. The van der Waals surface area contributed by atoms with Gasteiger partial charge in [0.25, 0.3) is 0 Å². The molecule has 0 heterocycles. The molecule has 0 rings (SSSR count). The minimum Gasteiger partial charge on any atom is -0.394 e. The Morgan fingerprint density at radius 2 is 2.12 bits per heavy atom. The number of rotatable bonds is 8. The normalized spacial score (nSPS) is 14.9. The van der Waals surface area contributed by atoms with E-state index in [1.54, 1.807) is 0 Å². The van der Waals surface area contributed by atoms with Crippen molar-refractivity contribution in [3.05, 3.63) is 0 Å². The lowest BCUT2D eigenvalue weighted by Gasteiger charge is -2.21. The van der Waals surface area contributed by atoms with E-state index in [0.717, 1.165) is 6.42 Å². The topological polar surface area (TPSA) is 84.6 Å². The van der Waals surface area contributed by atoms with Crippen molar-refractivity contribution >= 4 is 5.91 Å². The van der Waals surface area contributed by atoms with Crippen LogP contribution >= 0.6 is 0 Å². The third-order valence-corrected chi connectivity index (χ3v) is 2.35. The number of methoxy groups -OCH3 is 1. The van der Waals surface area contributed by atoms with Crippen LogP contribution in [0.25, 0.3) is 0 Å². The molecule has 0 saturated heterocycles. The monoisotopic (exact) mass is 232 g/mol. The number of amides is 1. The maximum Gasteiger partial charge on any atom is 0.224 e. The van der Waals surface area contributed by atoms with Crippen LogP contribution in [0.3, 0.4) is 0 Å². The van der Waals surface area contributed by atoms with Crippen LogP contribution < -0.4 is 11.1 Å². The standard InChI is InChI=1S/C11H24N2O3/c1-8(2)4-9(5-12)11(15)13-10(6-14)7-16-3/h8-10,14H,4-7,12H2,1-3H3,(H,13,15). The number of carbonyl (C=O) groups excluding carboxylic acids is 1. The van der Waals surface area contributed by atoms with Crippen LogP contribution in [0.15, 0.2) is 0 Å². The summed E-state index contributed by atoms with van der Waals surface area (Å²) < 4.78 is 4.88. The number of ether oxygens (including phenoxy) is 1. The fourth-order valence-electron chi connectivity index (χ4n) is 1.54. The fourth-order valence-corrected chi connectivity index (χ4v) is 1.54. The van der Waals surface area contributed by atoms with Crippen molar-refractivity contribution < 1.29 is 14.6 Å². The molecule has 0 fully saturated rings. The zero-order chi connectivity index (χ0) is 12.6. The molecular formula is C11H24N2O3. The smallest absolute Gasteiger partial charge is 0.224 e. The zero-order valence-corrected chi connectivity index (χ0v) is 10.4. The second kappa shape index (κ2) is 8.50. The summed E-state index contributed by atoms with van der Waals surface area (Å²) in [6.45, 7) is 4.61. The van der Waals surface area contributed by atoms with Crippen LogP contribution in [0.4, 0.5) is 0 Å². The van der Waals surface area contributed by atoms with Gasteiger partial charge in [-0.3, -0.25) is 4.79 Å². The first-order valence-corrected chi connectivity index (χ1v) is 5.65. The third-order valence-electron chi connectivity index (χ3n) is 2.35. The zero-order valence-electron chi connectivity index (χ0n) is 10.4. The van der Waals surface area contributed by atoms with E-state index in [1.165, 1.54) is 7.11 Å². The first-order chi connectivity index (χ1) is 7.54. The largest absolute Gasteiger partial charge is 0.394 e. The van der Waals surface area contributed by atoms with E-state index in [-0.39, 0.29) is 24.5 Å². The molecule has 0 saturated carbocycles. The van der Waals surface area contributed by atoms with Gasteiger partial charge in [-0.2, -0.15) is 0 Å². The SMILES string of the molecule is COCC(CO)NC(=O)C(CN)CC(C)C. The number of aliphatic hydroxyl groups is 1. The molecule has 1 amide bonds. The van der Waals surface area contributed by atoms with Gasteiger partial charge in [0.15, 0.2) is 0 Å². The van der Waals surface area contributed by atoms with E-state index in [0.29, 0.717) is 19.1 Å². The van der Waals surface area contributed by atoms with Crippen LogP contribution in [-0.2, 0) is 9.53 Å². The number of carbonyl (C=O) groups is 1. The molecule has 0 bridgehead atoms. The highest BCUT2D eigenvalue weighted by Crippen LogP contribution is 2.10. The number of nitrogens with one attached hydrogen (secondary N) is 1. The number of hydrogen-bond acceptors (Lipinski definition) is 4. The summed E-state index contributed by atoms with van der Waals surface area (Å²) in [7, 11) is 1.53. The molecule has 0 spiro atoms. The van der Waals surface area contributed by atoms with Crippen molar-refractivity contribution in [1.29, 1.82) is 0 Å². The van der Waals surface area contributed by atoms with Crippen LogP contribution in [0.1, 0.15) is 20.3 Å². The van der Waals surface area contributed by atoms with Crippen LogP contribution in [0.5, 0.6) is 0 Å². The van der Waals surface area contributed by atoms with E-state index in [9.17, 15) is 4.79 Å². The van der Waals surface area contributed by atoms with Crippen LogP contribution in [0, 0.1) is 11.8 Å². The fraction of sp³-hybridized carbons (Fsp3) is 0.909. The summed E-state index contributed by atoms with van der Waals surface area (Å²) in [5, 5.41) is 11.7. The maximum atomic E-state index is 11.8. The minimum atomic E-state index is -0.348. The van der Waals surface area contributed by atoms with Crippen molar-refractivity contribution in [2.45, 2.75) is 26.3 Å². The van der Waals surface area contributed by atoms with Crippen molar-refractivity contribution in [2.75, 3.05) is 26.9 Å². The highest BCUT2D eigenvalue weighted by Gasteiger charge is 2.20. The van der Waals surface area contributed by atoms with Gasteiger partial charge in [0, 0.05) is 13.7 Å². The molecule has 0 radical (unpaired) electrons. The first kappa shape index (κ1) is 15.3. The molecule has 5 nitrogen and oxygen atoms in total. The van der Waals surface area contributed by atoms with Gasteiger partial charge in [0.2, 0.25) is 5.91 Å². The van der Waals surface area contributed by atoms with Gasteiger partial charge >= 0.3 is 0 Å². The van der Waals surface area contributed by atoms with Crippen LogP contribution in [-0.4, -0.2) is 43.9 Å². The molecule has 5 heteroatoms.